The van der Waals surface area contributed by atoms with Crippen molar-refractivity contribution in [2.24, 2.45) is 0 Å². The molecular formula is C15H22N4O2. The van der Waals surface area contributed by atoms with Crippen LogP contribution < -0.4 is 5.32 Å². The Morgan fingerprint density at radius 2 is 2.00 bits per heavy atom. The first kappa shape index (κ1) is 15.4. The van der Waals surface area contributed by atoms with Crippen molar-refractivity contribution >= 4 is 11.8 Å². The van der Waals surface area contributed by atoms with Gasteiger partial charge < -0.3 is 15.1 Å². The van der Waals surface area contributed by atoms with Gasteiger partial charge in [-0.15, -0.1) is 0 Å². The molecule has 114 valence electrons. The van der Waals surface area contributed by atoms with Crippen LogP contribution in [0.2, 0.25) is 0 Å². The van der Waals surface area contributed by atoms with Crippen LogP contribution in [0.3, 0.4) is 0 Å². The maximum absolute atomic E-state index is 12.4. The van der Waals surface area contributed by atoms with E-state index >= 15 is 0 Å². The molecule has 21 heavy (non-hydrogen) atoms. The Kier molecular flexibility index (Phi) is 5.27. The zero-order chi connectivity index (χ0) is 15.2. The van der Waals surface area contributed by atoms with Gasteiger partial charge in [-0.2, -0.15) is 0 Å². The van der Waals surface area contributed by atoms with E-state index in [-0.39, 0.29) is 11.8 Å². The monoisotopic (exact) mass is 290 g/mol. The van der Waals surface area contributed by atoms with Crippen molar-refractivity contribution in [3.05, 3.63) is 29.6 Å². The Morgan fingerprint density at radius 1 is 1.29 bits per heavy atom. The molecule has 0 aromatic carbocycles. The van der Waals surface area contributed by atoms with E-state index in [1.807, 2.05) is 14.0 Å². The van der Waals surface area contributed by atoms with Gasteiger partial charge in [0.2, 0.25) is 0 Å². The number of nitrogens with one attached hydrogen (secondary N) is 1. The summed E-state index contributed by atoms with van der Waals surface area (Å²) in [5.41, 5.74) is 0.819. The number of aromatic nitrogens is 1. The molecule has 1 aliphatic heterocycles. The molecule has 0 spiro atoms. The first-order chi connectivity index (χ1) is 10.1. The summed E-state index contributed by atoms with van der Waals surface area (Å²) in [6.45, 7) is 5.75. The minimum Gasteiger partial charge on any atom is -0.352 e. The normalized spacial score (nSPS) is 15.8. The van der Waals surface area contributed by atoms with E-state index in [1.54, 1.807) is 17.0 Å². The van der Waals surface area contributed by atoms with Crippen LogP contribution in [0.1, 0.15) is 34.2 Å². The number of piperazine rings is 1. The molecule has 6 heteroatoms. The average Bonchev–Trinajstić information content (AvgIpc) is 2.52. The Morgan fingerprint density at radius 3 is 2.67 bits per heavy atom. The van der Waals surface area contributed by atoms with Gasteiger partial charge in [-0.1, -0.05) is 6.92 Å². The van der Waals surface area contributed by atoms with Gasteiger partial charge >= 0.3 is 0 Å². The predicted molar refractivity (Wildman–Crippen MR) is 80.3 cm³/mol. The van der Waals surface area contributed by atoms with Crippen LogP contribution in [0.25, 0.3) is 0 Å². The largest absolute Gasteiger partial charge is 0.352 e. The molecule has 0 aliphatic carbocycles. The molecule has 0 saturated carbocycles. The Balaban J connectivity index is 2.06. The van der Waals surface area contributed by atoms with Crippen LogP contribution in [0.5, 0.6) is 0 Å². The third-order valence-corrected chi connectivity index (χ3v) is 3.57. The van der Waals surface area contributed by atoms with Crippen molar-refractivity contribution in [1.82, 2.24) is 20.1 Å². The number of likely N-dealkylation sites (N-methyl/N-ethyl adjacent to an activating group) is 1. The fraction of sp³-hybridized carbons (Fsp3) is 0.533. The highest BCUT2D eigenvalue weighted by Gasteiger charge is 2.21. The second-order valence-electron chi connectivity index (χ2n) is 5.28. The van der Waals surface area contributed by atoms with Crippen molar-refractivity contribution in [3.63, 3.8) is 0 Å². The molecule has 2 amide bonds. The highest BCUT2D eigenvalue weighted by molar-refractivity contribution is 5.98. The van der Waals surface area contributed by atoms with Gasteiger partial charge in [0.1, 0.15) is 5.69 Å². The number of rotatable bonds is 4. The lowest BCUT2D eigenvalue weighted by Gasteiger charge is -2.32. The highest BCUT2D eigenvalue weighted by atomic mass is 16.2. The molecule has 0 unspecified atom stereocenters. The standard InChI is InChI=1S/C15H22N4O2/c1-3-5-17-14(20)12-4-6-16-13(11-12)15(21)19-9-7-18(2)8-10-19/h4,6,11H,3,5,7-10H2,1-2H3,(H,17,20). The quantitative estimate of drug-likeness (QED) is 0.882. The Bertz CT molecular complexity index is 510. The van der Waals surface area contributed by atoms with E-state index in [9.17, 15) is 9.59 Å². The second kappa shape index (κ2) is 7.17. The topological polar surface area (TPSA) is 65.5 Å². The zero-order valence-electron chi connectivity index (χ0n) is 12.6. The SMILES string of the molecule is CCCNC(=O)c1ccnc(C(=O)N2CCN(C)CC2)c1. The Hall–Kier alpha value is -1.95. The number of nitrogens with zero attached hydrogens (tertiary/aromatic N) is 3. The lowest BCUT2D eigenvalue weighted by molar-refractivity contribution is 0.0658. The van der Waals surface area contributed by atoms with Gasteiger partial charge in [0.15, 0.2) is 0 Å². The maximum Gasteiger partial charge on any atom is 0.272 e. The summed E-state index contributed by atoms with van der Waals surface area (Å²) in [7, 11) is 2.04. The third-order valence-electron chi connectivity index (χ3n) is 3.57. The summed E-state index contributed by atoms with van der Waals surface area (Å²) in [4.78, 5) is 32.4. The highest BCUT2D eigenvalue weighted by Crippen LogP contribution is 2.08. The molecule has 1 N–H and O–H groups in total. The van der Waals surface area contributed by atoms with E-state index in [0.29, 0.717) is 30.9 Å². The minimum atomic E-state index is -0.160. The van der Waals surface area contributed by atoms with Crippen molar-refractivity contribution in [3.8, 4) is 0 Å². The van der Waals surface area contributed by atoms with Gasteiger partial charge in [-0.3, -0.25) is 14.6 Å². The second-order valence-corrected chi connectivity index (χ2v) is 5.28. The van der Waals surface area contributed by atoms with Crippen LogP contribution in [-0.4, -0.2) is 66.4 Å². The van der Waals surface area contributed by atoms with Crippen molar-refractivity contribution < 1.29 is 9.59 Å². The molecule has 1 fully saturated rings. The van der Waals surface area contributed by atoms with E-state index in [2.05, 4.69) is 15.2 Å². The number of pyridine rings is 1. The first-order valence-corrected chi connectivity index (χ1v) is 7.34. The molecule has 1 saturated heterocycles. The zero-order valence-corrected chi connectivity index (χ0v) is 12.6. The van der Waals surface area contributed by atoms with Crippen LogP contribution in [0, 0.1) is 0 Å². The minimum absolute atomic E-state index is 0.103. The summed E-state index contributed by atoms with van der Waals surface area (Å²) in [5.74, 6) is -0.264. The van der Waals surface area contributed by atoms with E-state index < -0.39 is 0 Å². The van der Waals surface area contributed by atoms with Gasteiger partial charge in [-0.25, -0.2) is 0 Å². The van der Waals surface area contributed by atoms with Crippen LogP contribution in [0.15, 0.2) is 18.3 Å². The summed E-state index contributed by atoms with van der Waals surface area (Å²) < 4.78 is 0. The molecular weight excluding hydrogens is 268 g/mol. The van der Waals surface area contributed by atoms with Gasteiger partial charge in [0.05, 0.1) is 0 Å². The summed E-state index contributed by atoms with van der Waals surface area (Å²) in [6.07, 6.45) is 2.40. The lowest BCUT2D eigenvalue weighted by Crippen LogP contribution is -2.47. The average molecular weight is 290 g/mol. The van der Waals surface area contributed by atoms with Crippen molar-refractivity contribution in [2.45, 2.75) is 13.3 Å². The molecule has 1 aromatic rings. The van der Waals surface area contributed by atoms with E-state index in [4.69, 9.17) is 0 Å². The van der Waals surface area contributed by atoms with Crippen LogP contribution >= 0.6 is 0 Å². The molecule has 1 aromatic heterocycles. The molecule has 2 rings (SSSR count). The predicted octanol–water partition coefficient (Wildman–Crippen LogP) is 0.609. The van der Waals surface area contributed by atoms with Crippen LogP contribution in [0.4, 0.5) is 0 Å². The van der Waals surface area contributed by atoms with Crippen molar-refractivity contribution in [1.29, 1.82) is 0 Å². The van der Waals surface area contributed by atoms with Gasteiger partial charge in [0, 0.05) is 44.5 Å². The molecule has 0 radical (unpaired) electrons. The molecule has 0 atom stereocenters. The number of hydrogen-bond donors (Lipinski definition) is 1. The van der Waals surface area contributed by atoms with Crippen LogP contribution in [-0.2, 0) is 0 Å². The number of hydrogen-bond acceptors (Lipinski definition) is 4. The summed E-state index contributed by atoms with van der Waals surface area (Å²) in [6, 6.07) is 3.21. The third kappa shape index (κ3) is 4.01. The molecule has 2 heterocycles. The summed E-state index contributed by atoms with van der Waals surface area (Å²) in [5, 5.41) is 2.80. The lowest BCUT2D eigenvalue weighted by atomic mass is 10.2. The first-order valence-electron chi connectivity index (χ1n) is 7.34. The van der Waals surface area contributed by atoms with E-state index in [1.165, 1.54) is 6.20 Å². The molecule has 6 nitrogen and oxygen atoms in total. The number of carbonyl (C=O) groups is 2. The molecule has 1 aliphatic rings. The number of carbonyl (C=O) groups excluding carboxylic acids is 2. The fourth-order valence-corrected chi connectivity index (χ4v) is 2.20. The van der Waals surface area contributed by atoms with Gasteiger partial charge in [0.25, 0.3) is 11.8 Å². The fourth-order valence-electron chi connectivity index (χ4n) is 2.20. The summed E-state index contributed by atoms with van der Waals surface area (Å²) >= 11 is 0. The van der Waals surface area contributed by atoms with Gasteiger partial charge in [-0.05, 0) is 25.6 Å². The van der Waals surface area contributed by atoms with Crippen molar-refractivity contribution in [2.75, 3.05) is 39.8 Å². The Labute approximate surface area is 125 Å². The maximum atomic E-state index is 12.4. The number of amides is 2. The smallest absolute Gasteiger partial charge is 0.272 e. The molecule has 0 bridgehead atoms. The van der Waals surface area contributed by atoms with E-state index in [0.717, 1.165) is 19.5 Å².